The predicted octanol–water partition coefficient (Wildman–Crippen LogP) is 0.551. The second-order valence-corrected chi connectivity index (χ2v) is 4.37. The molecule has 1 rings (SSSR count). The minimum atomic E-state index is -0.283. The first kappa shape index (κ1) is 11.9. The Balaban J connectivity index is 2.33. The van der Waals surface area contributed by atoms with Crippen molar-refractivity contribution < 1.29 is 9.90 Å². The zero-order valence-electron chi connectivity index (χ0n) is 8.83. The van der Waals surface area contributed by atoms with Crippen molar-refractivity contribution in [1.29, 1.82) is 0 Å². The number of thiazole rings is 1. The number of nitrogens with one attached hydrogen (secondary N) is 2. The molecule has 84 valence electrons. The standard InChI is InChI=1S/C9H15N3O2S/c1-6-7(2)15-8(12-6)5-11-9(14)10-3-4-13/h13H,3-5H2,1-2H3,(H2,10,11,14). The summed E-state index contributed by atoms with van der Waals surface area (Å²) in [4.78, 5) is 16.6. The lowest BCUT2D eigenvalue weighted by atomic mass is 10.4. The molecule has 0 aliphatic carbocycles. The first-order chi connectivity index (χ1) is 7.13. The molecule has 2 amide bonds. The maximum Gasteiger partial charge on any atom is 0.315 e. The van der Waals surface area contributed by atoms with Crippen molar-refractivity contribution in [2.75, 3.05) is 13.2 Å². The average molecular weight is 229 g/mol. The Morgan fingerprint density at radius 2 is 2.20 bits per heavy atom. The number of aryl methyl sites for hydroxylation is 2. The molecular weight excluding hydrogens is 214 g/mol. The van der Waals surface area contributed by atoms with Crippen LogP contribution in [-0.4, -0.2) is 29.3 Å². The van der Waals surface area contributed by atoms with Gasteiger partial charge < -0.3 is 15.7 Å². The van der Waals surface area contributed by atoms with Crippen LogP contribution in [0.2, 0.25) is 0 Å². The van der Waals surface area contributed by atoms with Crippen LogP contribution < -0.4 is 10.6 Å². The highest BCUT2D eigenvalue weighted by Gasteiger charge is 2.04. The smallest absolute Gasteiger partial charge is 0.315 e. The summed E-state index contributed by atoms with van der Waals surface area (Å²) < 4.78 is 0. The molecule has 1 aromatic heterocycles. The molecule has 1 aromatic rings. The number of aliphatic hydroxyl groups is 1. The van der Waals surface area contributed by atoms with Gasteiger partial charge in [-0.25, -0.2) is 9.78 Å². The fraction of sp³-hybridized carbons (Fsp3) is 0.556. The second kappa shape index (κ2) is 5.67. The third-order valence-corrected chi connectivity index (χ3v) is 2.94. The van der Waals surface area contributed by atoms with Gasteiger partial charge in [0.25, 0.3) is 0 Å². The minimum absolute atomic E-state index is 0.0527. The number of amides is 2. The van der Waals surface area contributed by atoms with Crippen LogP contribution in [0.4, 0.5) is 4.79 Å². The Morgan fingerprint density at radius 3 is 2.73 bits per heavy atom. The summed E-state index contributed by atoms with van der Waals surface area (Å²) in [6.45, 7) is 4.59. The molecular formula is C9H15N3O2S. The van der Waals surface area contributed by atoms with Gasteiger partial charge in [-0.3, -0.25) is 0 Å². The van der Waals surface area contributed by atoms with Crippen molar-refractivity contribution in [2.45, 2.75) is 20.4 Å². The number of hydrogen-bond acceptors (Lipinski definition) is 4. The maximum absolute atomic E-state index is 11.1. The topological polar surface area (TPSA) is 74.2 Å². The van der Waals surface area contributed by atoms with Crippen LogP contribution >= 0.6 is 11.3 Å². The van der Waals surface area contributed by atoms with Gasteiger partial charge >= 0.3 is 6.03 Å². The molecule has 0 unspecified atom stereocenters. The third kappa shape index (κ3) is 3.85. The summed E-state index contributed by atoms with van der Waals surface area (Å²) in [5.41, 5.74) is 1.01. The van der Waals surface area contributed by atoms with Crippen LogP contribution in [0.5, 0.6) is 0 Å². The van der Waals surface area contributed by atoms with Gasteiger partial charge in [0, 0.05) is 11.4 Å². The molecule has 0 aromatic carbocycles. The first-order valence-electron chi connectivity index (χ1n) is 4.69. The molecule has 0 fully saturated rings. The van der Waals surface area contributed by atoms with E-state index >= 15 is 0 Å². The number of aliphatic hydroxyl groups excluding tert-OH is 1. The highest BCUT2D eigenvalue weighted by atomic mass is 32.1. The molecule has 0 saturated carbocycles. The number of aromatic nitrogens is 1. The summed E-state index contributed by atoms with van der Waals surface area (Å²) in [5, 5.41) is 14.5. The van der Waals surface area contributed by atoms with E-state index in [4.69, 9.17) is 5.11 Å². The highest BCUT2D eigenvalue weighted by Crippen LogP contribution is 2.15. The molecule has 15 heavy (non-hydrogen) atoms. The monoisotopic (exact) mass is 229 g/mol. The molecule has 0 spiro atoms. The molecule has 6 heteroatoms. The molecule has 0 bridgehead atoms. The number of urea groups is 1. The van der Waals surface area contributed by atoms with Crippen LogP contribution in [0.3, 0.4) is 0 Å². The van der Waals surface area contributed by atoms with Gasteiger partial charge in [-0.15, -0.1) is 11.3 Å². The van der Waals surface area contributed by atoms with Crippen molar-refractivity contribution >= 4 is 17.4 Å². The Bertz CT molecular complexity index is 319. The van der Waals surface area contributed by atoms with Crippen LogP contribution in [0.25, 0.3) is 0 Å². The van der Waals surface area contributed by atoms with Crippen molar-refractivity contribution in [3.63, 3.8) is 0 Å². The van der Waals surface area contributed by atoms with Gasteiger partial charge in [-0.2, -0.15) is 0 Å². The summed E-state index contributed by atoms with van der Waals surface area (Å²) in [6, 6.07) is -0.283. The number of carbonyl (C=O) groups is 1. The van der Waals surface area contributed by atoms with Gasteiger partial charge in [-0.1, -0.05) is 0 Å². The predicted molar refractivity (Wildman–Crippen MR) is 58.9 cm³/mol. The SMILES string of the molecule is Cc1nc(CNC(=O)NCCO)sc1C. The van der Waals surface area contributed by atoms with Crippen molar-refractivity contribution in [2.24, 2.45) is 0 Å². The summed E-state index contributed by atoms with van der Waals surface area (Å²) in [7, 11) is 0. The lowest BCUT2D eigenvalue weighted by Crippen LogP contribution is -2.36. The summed E-state index contributed by atoms with van der Waals surface area (Å²) in [5.74, 6) is 0. The van der Waals surface area contributed by atoms with E-state index < -0.39 is 0 Å². The lowest BCUT2D eigenvalue weighted by Gasteiger charge is -2.03. The first-order valence-corrected chi connectivity index (χ1v) is 5.50. The molecule has 0 radical (unpaired) electrons. The van der Waals surface area contributed by atoms with E-state index in [2.05, 4.69) is 15.6 Å². The molecule has 3 N–H and O–H groups in total. The van der Waals surface area contributed by atoms with E-state index in [1.54, 1.807) is 11.3 Å². The average Bonchev–Trinajstić information content (AvgIpc) is 2.52. The van der Waals surface area contributed by atoms with Crippen molar-refractivity contribution in [3.8, 4) is 0 Å². The summed E-state index contributed by atoms with van der Waals surface area (Å²) >= 11 is 1.58. The zero-order chi connectivity index (χ0) is 11.3. The van der Waals surface area contributed by atoms with E-state index in [9.17, 15) is 4.79 Å². The van der Waals surface area contributed by atoms with Crippen molar-refractivity contribution in [3.05, 3.63) is 15.6 Å². The molecule has 5 nitrogen and oxygen atoms in total. The Hall–Kier alpha value is -1.14. The third-order valence-electron chi connectivity index (χ3n) is 1.87. The number of nitrogens with zero attached hydrogens (tertiary/aromatic N) is 1. The highest BCUT2D eigenvalue weighted by molar-refractivity contribution is 7.11. The molecule has 0 aliphatic heterocycles. The number of hydrogen-bond donors (Lipinski definition) is 3. The Labute approximate surface area is 92.5 Å². The Kier molecular flexibility index (Phi) is 4.51. The van der Waals surface area contributed by atoms with Crippen LogP contribution in [0.15, 0.2) is 0 Å². The van der Waals surface area contributed by atoms with E-state index in [1.807, 2.05) is 13.8 Å². The van der Waals surface area contributed by atoms with Crippen LogP contribution in [0.1, 0.15) is 15.6 Å². The quantitative estimate of drug-likeness (QED) is 0.706. The maximum atomic E-state index is 11.1. The van der Waals surface area contributed by atoms with Crippen molar-refractivity contribution in [1.82, 2.24) is 15.6 Å². The van der Waals surface area contributed by atoms with Gasteiger partial charge in [0.05, 0.1) is 18.8 Å². The van der Waals surface area contributed by atoms with E-state index in [0.29, 0.717) is 6.54 Å². The fourth-order valence-corrected chi connectivity index (χ4v) is 1.88. The number of carbonyl (C=O) groups excluding carboxylic acids is 1. The van der Waals surface area contributed by atoms with E-state index in [-0.39, 0.29) is 19.2 Å². The Morgan fingerprint density at radius 1 is 1.47 bits per heavy atom. The largest absolute Gasteiger partial charge is 0.395 e. The lowest BCUT2D eigenvalue weighted by molar-refractivity contribution is 0.234. The molecule has 0 atom stereocenters. The normalized spacial score (nSPS) is 10.1. The van der Waals surface area contributed by atoms with Gasteiger partial charge in [0.1, 0.15) is 5.01 Å². The van der Waals surface area contributed by atoms with Gasteiger partial charge in [0.15, 0.2) is 0 Å². The fourth-order valence-electron chi connectivity index (χ4n) is 1.00. The number of rotatable bonds is 4. The molecule has 0 saturated heterocycles. The van der Waals surface area contributed by atoms with Crippen LogP contribution in [-0.2, 0) is 6.54 Å². The van der Waals surface area contributed by atoms with Gasteiger partial charge in [-0.05, 0) is 13.8 Å². The van der Waals surface area contributed by atoms with Crippen LogP contribution in [0, 0.1) is 13.8 Å². The van der Waals surface area contributed by atoms with Gasteiger partial charge in [0.2, 0.25) is 0 Å². The minimum Gasteiger partial charge on any atom is -0.395 e. The summed E-state index contributed by atoms with van der Waals surface area (Å²) in [6.07, 6.45) is 0. The second-order valence-electron chi connectivity index (χ2n) is 3.08. The molecule has 1 heterocycles. The van der Waals surface area contributed by atoms with E-state index in [1.165, 1.54) is 4.88 Å². The zero-order valence-corrected chi connectivity index (χ0v) is 9.65. The molecule has 0 aliphatic rings. The van der Waals surface area contributed by atoms with E-state index in [0.717, 1.165) is 10.7 Å².